The summed E-state index contributed by atoms with van der Waals surface area (Å²) in [5.74, 6) is 0. The fraction of sp³-hybridized carbons (Fsp3) is 0.200. The number of pyridine rings is 1. The molecule has 0 bridgehead atoms. The molecular weight excluding hydrogens is 320 g/mol. The van der Waals surface area contributed by atoms with Gasteiger partial charge in [0.1, 0.15) is 6.61 Å². The molecule has 2 rings (SSSR count). The van der Waals surface area contributed by atoms with Crippen LogP contribution >= 0.6 is 15.9 Å². The SMILES string of the molecule is Cc1cc(Br)cc(CNC(=O)OCc2ccccc2)n1. The number of halogens is 1. The van der Waals surface area contributed by atoms with Gasteiger partial charge >= 0.3 is 6.09 Å². The van der Waals surface area contributed by atoms with Crippen molar-refractivity contribution in [3.8, 4) is 0 Å². The summed E-state index contributed by atoms with van der Waals surface area (Å²) in [6, 6.07) is 13.3. The van der Waals surface area contributed by atoms with Crippen LogP contribution in [0.1, 0.15) is 17.0 Å². The molecule has 0 radical (unpaired) electrons. The van der Waals surface area contributed by atoms with Crippen LogP contribution in [-0.2, 0) is 17.9 Å². The molecule has 0 saturated heterocycles. The van der Waals surface area contributed by atoms with Crippen LogP contribution in [0.5, 0.6) is 0 Å². The van der Waals surface area contributed by atoms with Crippen molar-refractivity contribution in [2.24, 2.45) is 0 Å². The van der Waals surface area contributed by atoms with Crippen molar-refractivity contribution in [3.05, 3.63) is 63.9 Å². The summed E-state index contributed by atoms with van der Waals surface area (Å²) >= 11 is 3.40. The first kappa shape index (κ1) is 14.5. The summed E-state index contributed by atoms with van der Waals surface area (Å²) in [5, 5.41) is 2.68. The number of hydrogen-bond donors (Lipinski definition) is 1. The third-order valence-electron chi connectivity index (χ3n) is 2.60. The molecule has 1 aromatic carbocycles. The smallest absolute Gasteiger partial charge is 0.407 e. The summed E-state index contributed by atoms with van der Waals surface area (Å²) in [7, 11) is 0. The van der Waals surface area contributed by atoms with Crippen LogP contribution in [0.3, 0.4) is 0 Å². The third kappa shape index (κ3) is 4.66. The number of ether oxygens (including phenoxy) is 1. The quantitative estimate of drug-likeness (QED) is 0.929. The van der Waals surface area contributed by atoms with E-state index in [2.05, 4.69) is 26.2 Å². The maximum absolute atomic E-state index is 11.6. The Balaban J connectivity index is 1.80. The number of nitrogens with zero attached hydrogens (tertiary/aromatic N) is 1. The van der Waals surface area contributed by atoms with E-state index in [1.54, 1.807) is 0 Å². The molecule has 0 aliphatic rings. The fourth-order valence-electron chi connectivity index (χ4n) is 1.72. The molecule has 0 aliphatic heterocycles. The zero-order valence-corrected chi connectivity index (χ0v) is 12.7. The Labute approximate surface area is 126 Å². The number of nitrogens with one attached hydrogen (secondary N) is 1. The van der Waals surface area contributed by atoms with Gasteiger partial charge in [-0.25, -0.2) is 4.79 Å². The van der Waals surface area contributed by atoms with Gasteiger partial charge in [0.2, 0.25) is 0 Å². The maximum Gasteiger partial charge on any atom is 0.407 e. The van der Waals surface area contributed by atoms with Crippen LogP contribution in [-0.4, -0.2) is 11.1 Å². The number of carbonyl (C=O) groups excluding carboxylic acids is 1. The van der Waals surface area contributed by atoms with Crippen molar-refractivity contribution in [3.63, 3.8) is 0 Å². The van der Waals surface area contributed by atoms with Gasteiger partial charge < -0.3 is 10.1 Å². The molecule has 4 nitrogen and oxygen atoms in total. The Morgan fingerprint density at radius 2 is 2.05 bits per heavy atom. The predicted molar refractivity (Wildman–Crippen MR) is 80.1 cm³/mol. The van der Waals surface area contributed by atoms with Crippen LogP contribution in [0.2, 0.25) is 0 Å². The van der Waals surface area contributed by atoms with Crippen molar-refractivity contribution < 1.29 is 9.53 Å². The highest BCUT2D eigenvalue weighted by Crippen LogP contribution is 2.12. The fourth-order valence-corrected chi connectivity index (χ4v) is 2.31. The van der Waals surface area contributed by atoms with E-state index in [1.807, 2.05) is 49.4 Å². The highest BCUT2D eigenvalue weighted by Gasteiger charge is 2.04. The minimum Gasteiger partial charge on any atom is -0.445 e. The molecule has 0 spiro atoms. The van der Waals surface area contributed by atoms with E-state index in [0.29, 0.717) is 6.54 Å². The zero-order valence-electron chi connectivity index (χ0n) is 11.1. The Kier molecular flexibility index (Phi) is 5.12. The lowest BCUT2D eigenvalue weighted by Gasteiger charge is -2.07. The van der Waals surface area contributed by atoms with Crippen molar-refractivity contribution in [1.82, 2.24) is 10.3 Å². The van der Waals surface area contributed by atoms with Gasteiger partial charge in [-0.15, -0.1) is 0 Å². The van der Waals surface area contributed by atoms with Gasteiger partial charge in [-0.1, -0.05) is 46.3 Å². The molecule has 0 unspecified atom stereocenters. The number of aromatic nitrogens is 1. The number of aryl methyl sites for hydroxylation is 1. The van der Waals surface area contributed by atoms with Crippen LogP contribution in [0.4, 0.5) is 4.79 Å². The van der Waals surface area contributed by atoms with Crippen LogP contribution in [0.25, 0.3) is 0 Å². The summed E-state index contributed by atoms with van der Waals surface area (Å²) in [6.07, 6.45) is -0.451. The second-order valence-electron chi connectivity index (χ2n) is 4.33. The molecule has 104 valence electrons. The summed E-state index contributed by atoms with van der Waals surface area (Å²) in [4.78, 5) is 15.9. The van der Waals surface area contributed by atoms with Crippen molar-refractivity contribution in [1.29, 1.82) is 0 Å². The predicted octanol–water partition coefficient (Wildman–Crippen LogP) is 3.58. The molecular formula is C15H15BrN2O2. The van der Waals surface area contributed by atoms with E-state index in [1.165, 1.54) is 0 Å². The van der Waals surface area contributed by atoms with Crippen molar-refractivity contribution in [2.75, 3.05) is 0 Å². The Morgan fingerprint density at radius 3 is 2.75 bits per heavy atom. The van der Waals surface area contributed by atoms with Gasteiger partial charge in [-0.2, -0.15) is 0 Å². The Bertz CT molecular complexity index is 567. The molecule has 1 heterocycles. The molecule has 0 aliphatic carbocycles. The second-order valence-corrected chi connectivity index (χ2v) is 5.25. The van der Waals surface area contributed by atoms with Gasteiger partial charge in [0.05, 0.1) is 12.2 Å². The molecule has 0 fully saturated rings. The number of benzene rings is 1. The molecule has 20 heavy (non-hydrogen) atoms. The van der Waals surface area contributed by atoms with E-state index in [9.17, 15) is 4.79 Å². The number of alkyl carbamates (subject to hydrolysis) is 1. The minimum atomic E-state index is -0.451. The minimum absolute atomic E-state index is 0.262. The third-order valence-corrected chi connectivity index (χ3v) is 3.06. The van der Waals surface area contributed by atoms with Gasteiger partial charge in [0.15, 0.2) is 0 Å². The van der Waals surface area contributed by atoms with E-state index in [4.69, 9.17) is 4.74 Å². The zero-order chi connectivity index (χ0) is 14.4. The topological polar surface area (TPSA) is 51.2 Å². The number of hydrogen-bond acceptors (Lipinski definition) is 3. The lowest BCUT2D eigenvalue weighted by molar-refractivity contribution is 0.139. The van der Waals surface area contributed by atoms with Crippen LogP contribution in [0.15, 0.2) is 46.9 Å². The van der Waals surface area contributed by atoms with E-state index in [-0.39, 0.29) is 6.61 Å². The molecule has 0 saturated carbocycles. The highest BCUT2D eigenvalue weighted by atomic mass is 79.9. The van der Waals surface area contributed by atoms with Gasteiger partial charge in [0, 0.05) is 10.2 Å². The molecule has 1 N–H and O–H groups in total. The Morgan fingerprint density at radius 1 is 1.30 bits per heavy atom. The van der Waals surface area contributed by atoms with Crippen molar-refractivity contribution >= 4 is 22.0 Å². The average molecular weight is 335 g/mol. The number of rotatable bonds is 4. The normalized spacial score (nSPS) is 10.1. The van der Waals surface area contributed by atoms with Gasteiger partial charge in [-0.05, 0) is 24.6 Å². The van der Waals surface area contributed by atoms with Crippen molar-refractivity contribution in [2.45, 2.75) is 20.1 Å². The first-order valence-corrected chi connectivity index (χ1v) is 7.00. The largest absolute Gasteiger partial charge is 0.445 e. The van der Waals surface area contributed by atoms with E-state index < -0.39 is 6.09 Å². The molecule has 1 amide bonds. The summed E-state index contributed by atoms with van der Waals surface area (Å²) in [6.45, 7) is 2.51. The lowest BCUT2D eigenvalue weighted by Crippen LogP contribution is -2.24. The molecule has 5 heteroatoms. The standard InChI is InChI=1S/C15H15BrN2O2/c1-11-7-13(16)8-14(18-11)9-17-15(19)20-10-12-5-3-2-4-6-12/h2-8H,9-10H2,1H3,(H,17,19). The second kappa shape index (κ2) is 7.05. The van der Waals surface area contributed by atoms with Gasteiger partial charge in [-0.3, -0.25) is 4.98 Å². The molecule has 2 aromatic rings. The highest BCUT2D eigenvalue weighted by molar-refractivity contribution is 9.10. The Hall–Kier alpha value is -1.88. The maximum atomic E-state index is 11.6. The summed E-state index contributed by atoms with van der Waals surface area (Å²) in [5.41, 5.74) is 2.64. The number of carbonyl (C=O) groups is 1. The molecule has 0 atom stereocenters. The first-order chi connectivity index (χ1) is 9.63. The number of amides is 1. The molecule has 1 aromatic heterocycles. The lowest BCUT2D eigenvalue weighted by atomic mass is 10.2. The van der Waals surface area contributed by atoms with Gasteiger partial charge in [0.25, 0.3) is 0 Å². The average Bonchev–Trinajstić information content (AvgIpc) is 2.43. The van der Waals surface area contributed by atoms with E-state index in [0.717, 1.165) is 21.4 Å². The first-order valence-electron chi connectivity index (χ1n) is 6.21. The summed E-state index contributed by atoms with van der Waals surface area (Å²) < 4.78 is 6.06. The van der Waals surface area contributed by atoms with E-state index >= 15 is 0 Å². The van der Waals surface area contributed by atoms with Crippen LogP contribution in [0, 0.1) is 6.92 Å². The van der Waals surface area contributed by atoms with Crippen LogP contribution < -0.4 is 5.32 Å². The monoisotopic (exact) mass is 334 g/mol.